The molecule has 2 radical (unpaired) electrons. The van der Waals surface area contributed by atoms with Gasteiger partial charge < -0.3 is 0 Å². The van der Waals surface area contributed by atoms with E-state index in [2.05, 4.69) is 6.92 Å². The van der Waals surface area contributed by atoms with Gasteiger partial charge in [0.15, 0.2) is 0 Å². The van der Waals surface area contributed by atoms with Gasteiger partial charge in [0.05, 0.1) is 0 Å². The zero-order valence-corrected chi connectivity index (χ0v) is 5.06. The summed E-state index contributed by atoms with van der Waals surface area (Å²) in [5, 5.41) is 0. The Morgan fingerprint density at radius 3 is 1.75 bits per heavy atom. The fourth-order valence-electron chi connectivity index (χ4n) is 0. The topological polar surface area (TPSA) is 0 Å². The van der Waals surface area contributed by atoms with E-state index in [0.29, 0.717) is 0 Å². The van der Waals surface area contributed by atoms with Gasteiger partial charge in [0.2, 0.25) is 0 Å². The zero-order valence-electron chi connectivity index (χ0n) is 2.86. The van der Waals surface area contributed by atoms with Crippen LogP contribution in [0, 0.1) is 6.92 Å². The molecule has 0 atom stereocenters. The van der Waals surface area contributed by atoms with Gasteiger partial charge in [0.25, 0.3) is 0 Å². The van der Waals surface area contributed by atoms with E-state index >= 15 is 0 Å². The van der Waals surface area contributed by atoms with Gasteiger partial charge in [-0.2, -0.15) is 0 Å². The summed E-state index contributed by atoms with van der Waals surface area (Å²) in [5.74, 6) is 0. The standard InChI is InChI=1S/C3H7.Nb/c1-3-2;/h1,3H2,2H3;. The van der Waals surface area contributed by atoms with Gasteiger partial charge in [-0.05, 0) is 0 Å². The molecule has 0 heterocycles. The Balaban J connectivity index is 0. The van der Waals surface area contributed by atoms with Crippen LogP contribution >= 0.6 is 0 Å². The summed E-state index contributed by atoms with van der Waals surface area (Å²) in [6.07, 6.45) is 1.00. The number of rotatable bonds is 0. The third-order valence-corrected chi connectivity index (χ3v) is 0. The van der Waals surface area contributed by atoms with Gasteiger partial charge >= 0.3 is 0 Å². The van der Waals surface area contributed by atoms with Crippen LogP contribution in [0.15, 0.2) is 0 Å². The van der Waals surface area contributed by atoms with Gasteiger partial charge in [-0.1, -0.05) is 20.3 Å². The summed E-state index contributed by atoms with van der Waals surface area (Å²) < 4.78 is 0. The van der Waals surface area contributed by atoms with Crippen LogP contribution in [0.4, 0.5) is 0 Å². The number of hydrogen-bond acceptors (Lipinski definition) is 0. The molecule has 0 bridgehead atoms. The van der Waals surface area contributed by atoms with E-state index in [1.165, 1.54) is 0 Å². The molecule has 0 nitrogen and oxygen atoms in total. The van der Waals surface area contributed by atoms with Crippen molar-refractivity contribution in [2.75, 3.05) is 0 Å². The largest absolute Gasteiger partial charge is 0.0654 e. The van der Waals surface area contributed by atoms with Crippen molar-refractivity contribution in [2.45, 2.75) is 13.3 Å². The van der Waals surface area contributed by atoms with E-state index in [1.54, 1.807) is 0 Å². The average molecular weight is 136 g/mol. The van der Waals surface area contributed by atoms with Crippen LogP contribution in [0.25, 0.3) is 0 Å². The second-order valence-corrected chi connectivity index (χ2v) is 0.500. The van der Waals surface area contributed by atoms with Crippen molar-refractivity contribution >= 4 is 0 Å². The van der Waals surface area contributed by atoms with Crippen molar-refractivity contribution in [1.82, 2.24) is 0 Å². The van der Waals surface area contributed by atoms with Crippen molar-refractivity contribution in [1.29, 1.82) is 0 Å². The normalized spacial score (nSPS) is 4.50. The summed E-state index contributed by atoms with van der Waals surface area (Å²) in [4.78, 5) is 0. The molecule has 0 saturated heterocycles. The third kappa shape index (κ3) is 15.1. The Kier molecular flexibility index (Phi) is 20.5. The summed E-state index contributed by atoms with van der Waals surface area (Å²) in [6, 6.07) is 0. The molecule has 0 unspecified atom stereocenters. The summed E-state index contributed by atoms with van der Waals surface area (Å²) >= 11 is 0. The fourth-order valence-corrected chi connectivity index (χ4v) is 0. The average Bonchev–Trinajstić information content (AvgIpc) is 0.918. The second kappa shape index (κ2) is 9.27. The Bertz CT molecular complexity index is 3.25. The maximum Gasteiger partial charge on any atom is 0 e. The Labute approximate surface area is 43.1 Å². The molecule has 0 N–H and O–H groups in total. The molecule has 0 aliphatic rings. The molecule has 0 amide bonds. The minimum absolute atomic E-state index is 0. The van der Waals surface area contributed by atoms with Crippen LogP contribution in [-0.2, 0) is 22.4 Å². The van der Waals surface area contributed by atoms with Crippen molar-refractivity contribution in [2.24, 2.45) is 0 Å². The van der Waals surface area contributed by atoms with E-state index < -0.39 is 0 Å². The summed E-state index contributed by atoms with van der Waals surface area (Å²) in [7, 11) is 0. The van der Waals surface area contributed by atoms with Gasteiger partial charge in [0.1, 0.15) is 0 Å². The first-order chi connectivity index (χ1) is 1.41. The van der Waals surface area contributed by atoms with Crippen LogP contribution < -0.4 is 0 Å². The van der Waals surface area contributed by atoms with E-state index in [4.69, 9.17) is 0 Å². The monoisotopic (exact) mass is 136 g/mol. The molecule has 24 valence electrons. The van der Waals surface area contributed by atoms with Crippen LogP contribution in [0.3, 0.4) is 0 Å². The van der Waals surface area contributed by atoms with Crippen molar-refractivity contribution in [3.8, 4) is 0 Å². The third-order valence-electron chi connectivity index (χ3n) is 0. The molecule has 0 aliphatic carbocycles. The van der Waals surface area contributed by atoms with Gasteiger partial charge in [-0.3, -0.25) is 0 Å². The van der Waals surface area contributed by atoms with Crippen LogP contribution in [0.1, 0.15) is 13.3 Å². The first kappa shape index (κ1) is 8.83. The van der Waals surface area contributed by atoms with E-state index in [9.17, 15) is 0 Å². The van der Waals surface area contributed by atoms with E-state index in [1.807, 2.05) is 6.92 Å². The minimum atomic E-state index is 0. The van der Waals surface area contributed by atoms with Crippen molar-refractivity contribution in [3.05, 3.63) is 6.92 Å². The molecule has 1 heteroatoms. The summed E-state index contributed by atoms with van der Waals surface area (Å²) in [6.45, 7) is 5.50. The van der Waals surface area contributed by atoms with Crippen LogP contribution in [0.2, 0.25) is 0 Å². The molecule has 0 fully saturated rings. The molecule has 0 aromatic heterocycles. The smallest absolute Gasteiger partial charge is 0 e. The Hall–Kier alpha value is 0.740. The number of hydrogen-bond donors (Lipinski definition) is 0. The summed E-state index contributed by atoms with van der Waals surface area (Å²) in [5.41, 5.74) is 0. The molecular weight excluding hydrogens is 129 g/mol. The van der Waals surface area contributed by atoms with Crippen LogP contribution in [-0.4, -0.2) is 0 Å². The first-order valence-electron chi connectivity index (χ1n) is 1.21. The second-order valence-electron chi connectivity index (χ2n) is 0.500. The molecule has 0 aromatic carbocycles. The Morgan fingerprint density at radius 2 is 1.75 bits per heavy atom. The molecule has 0 spiro atoms. The van der Waals surface area contributed by atoms with E-state index in [0.717, 1.165) is 6.42 Å². The first-order valence-corrected chi connectivity index (χ1v) is 1.21. The quantitative estimate of drug-likeness (QED) is 0.439. The predicted molar refractivity (Wildman–Crippen MR) is 15.6 cm³/mol. The van der Waals surface area contributed by atoms with Gasteiger partial charge in [-0.15, -0.1) is 0 Å². The van der Waals surface area contributed by atoms with Crippen molar-refractivity contribution < 1.29 is 22.4 Å². The molecule has 0 aromatic rings. The van der Waals surface area contributed by atoms with Crippen molar-refractivity contribution in [3.63, 3.8) is 0 Å². The fraction of sp³-hybridized carbons (Fsp3) is 0.667. The maximum absolute atomic E-state index is 3.49. The molecule has 0 rings (SSSR count). The molecular formula is C3H7Nb. The van der Waals surface area contributed by atoms with Gasteiger partial charge in [0, 0.05) is 22.4 Å². The minimum Gasteiger partial charge on any atom is -0.0654 e. The molecule has 4 heavy (non-hydrogen) atoms. The maximum atomic E-state index is 3.49. The van der Waals surface area contributed by atoms with Crippen LogP contribution in [0.5, 0.6) is 0 Å². The van der Waals surface area contributed by atoms with Gasteiger partial charge in [-0.25, -0.2) is 0 Å². The predicted octanol–water partition coefficient (Wildman–Crippen LogP) is 1.23. The SMILES string of the molecule is [CH2]CC.[Nb]. The molecule has 0 aliphatic heterocycles. The zero-order chi connectivity index (χ0) is 2.71. The Morgan fingerprint density at radius 1 is 1.75 bits per heavy atom. The van der Waals surface area contributed by atoms with E-state index in [-0.39, 0.29) is 22.4 Å². The molecule has 0 saturated carbocycles.